The molecule has 0 fully saturated rings. The fraction of sp³-hybridized carbons (Fsp3) is 0.200. The molecule has 0 saturated carbocycles. The first-order chi connectivity index (χ1) is 19.1. The number of carbonyl (C=O) groups is 2. The molecule has 2 heterocycles. The summed E-state index contributed by atoms with van der Waals surface area (Å²) >= 11 is 2.77. The van der Waals surface area contributed by atoms with Crippen molar-refractivity contribution in [2.45, 2.75) is 30.2 Å². The van der Waals surface area contributed by atoms with Gasteiger partial charge in [0.2, 0.25) is 0 Å². The number of unbranched alkanes of at least 4 members (excludes halogenated alkanes) is 1. The van der Waals surface area contributed by atoms with E-state index in [9.17, 15) is 9.59 Å². The summed E-state index contributed by atoms with van der Waals surface area (Å²) in [6, 6.07) is 23.5. The van der Waals surface area contributed by atoms with Gasteiger partial charge in [0.05, 0.1) is 40.1 Å². The molecule has 1 atom stereocenters. The van der Waals surface area contributed by atoms with Crippen LogP contribution < -0.4 is 10.6 Å². The summed E-state index contributed by atoms with van der Waals surface area (Å²) in [7, 11) is 0. The zero-order valence-corrected chi connectivity index (χ0v) is 23.0. The summed E-state index contributed by atoms with van der Waals surface area (Å²) in [6.45, 7) is 0.529. The maximum Gasteiger partial charge on any atom is 0.263 e. The minimum absolute atomic E-state index is 0.120. The summed E-state index contributed by atoms with van der Waals surface area (Å²) < 4.78 is 0. The third-order valence-electron chi connectivity index (χ3n) is 6.36. The van der Waals surface area contributed by atoms with Crippen LogP contribution in [0.1, 0.15) is 51.2 Å². The summed E-state index contributed by atoms with van der Waals surface area (Å²) in [5, 5.41) is 8.43. The van der Waals surface area contributed by atoms with Gasteiger partial charge in [-0.1, -0.05) is 48.5 Å². The molecule has 0 radical (unpaired) electrons. The van der Waals surface area contributed by atoms with Crippen molar-refractivity contribution in [3.8, 4) is 11.3 Å². The van der Waals surface area contributed by atoms with Crippen molar-refractivity contribution in [2.24, 2.45) is 0 Å². The predicted molar refractivity (Wildman–Crippen MR) is 156 cm³/mol. The Kier molecular flexibility index (Phi) is 8.56. The minimum atomic E-state index is -0.313. The molecule has 0 aliphatic heterocycles. The minimum Gasteiger partial charge on any atom is -0.352 e. The van der Waals surface area contributed by atoms with Gasteiger partial charge >= 0.3 is 0 Å². The second kappa shape index (κ2) is 12.6. The molecule has 9 heteroatoms. The first-order valence-corrected chi connectivity index (χ1v) is 14.7. The number of thiazole rings is 1. The molecule has 0 aliphatic rings. The van der Waals surface area contributed by atoms with Crippen molar-refractivity contribution in [1.82, 2.24) is 25.6 Å². The number of benzene rings is 2. The van der Waals surface area contributed by atoms with Gasteiger partial charge in [0.25, 0.3) is 11.8 Å². The van der Waals surface area contributed by atoms with E-state index in [1.54, 1.807) is 23.8 Å². The van der Waals surface area contributed by atoms with Gasteiger partial charge in [0, 0.05) is 12.1 Å². The van der Waals surface area contributed by atoms with Crippen LogP contribution in [0.2, 0.25) is 0 Å². The molecule has 2 amide bonds. The van der Waals surface area contributed by atoms with E-state index in [1.807, 2.05) is 24.6 Å². The Bertz CT molecular complexity index is 1560. The molecule has 5 aromatic rings. The molecule has 1 unspecified atom stereocenters. The van der Waals surface area contributed by atoms with Crippen molar-refractivity contribution in [3.05, 3.63) is 101 Å². The van der Waals surface area contributed by atoms with E-state index in [4.69, 9.17) is 0 Å². The van der Waals surface area contributed by atoms with Gasteiger partial charge in [-0.15, -0.1) is 23.1 Å². The normalized spacial score (nSPS) is 11.6. The first kappa shape index (κ1) is 26.5. The van der Waals surface area contributed by atoms with Crippen molar-refractivity contribution in [2.75, 3.05) is 12.8 Å². The number of aromatic nitrogens is 3. The fourth-order valence-corrected chi connectivity index (χ4v) is 5.40. The van der Waals surface area contributed by atoms with E-state index < -0.39 is 0 Å². The number of amides is 2. The summed E-state index contributed by atoms with van der Waals surface area (Å²) in [5.74, 6) is 0.396. The number of thioether (sulfide) groups is 1. The number of fused-ring (bicyclic) bond motifs is 1. The number of carbonyl (C=O) groups excluding carboxylic acids is 2. The predicted octanol–water partition coefficient (Wildman–Crippen LogP) is 6.08. The lowest BCUT2D eigenvalue weighted by atomic mass is 10.1. The van der Waals surface area contributed by atoms with Crippen LogP contribution >= 0.6 is 23.1 Å². The lowest BCUT2D eigenvalue weighted by Crippen LogP contribution is -2.29. The zero-order valence-electron chi connectivity index (χ0n) is 21.4. The molecule has 0 saturated heterocycles. The van der Waals surface area contributed by atoms with Crippen molar-refractivity contribution < 1.29 is 9.59 Å². The molecule has 3 N–H and O–H groups in total. The van der Waals surface area contributed by atoms with E-state index in [-0.39, 0.29) is 17.9 Å². The number of imidazole rings is 1. The average molecular weight is 554 g/mol. The van der Waals surface area contributed by atoms with Gasteiger partial charge in [-0.05, 0) is 54.5 Å². The van der Waals surface area contributed by atoms with Crippen molar-refractivity contribution >= 4 is 45.7 Å². The monoisotopic (exact) mass is 553 g/mol. The molecular formula is C30H27N5O2S2. The molecule has 2 aromatic heterocycles. The number of rotatable bonds is 11. The third kappa shape index (κ3) is 6.48. The van der Waals surface area contributed by atoms with Gasteiger partial charge in [-0.3, -0.25) is 14.6 Å². The Labute approximate surface area is 235 Å². The van der Waals surface area contributed by atoms with E-state index >= 15 is 0 Å². The molecular weight excluding hydrogens is 526 g/mol. The highest BCUT2D eigenvalue weighted by Gasteiger charge is 2.20. The standard InChI is InChI=1S/C30H27N5O2S2/c1-38-26-12-5-4-10-23(26)29(36)32-15-7-6-11-24(35-30(37)27-18-31-19-39-27)28-33-17-25(34-28)22-14-13-20-8-2-3-9-21(20)16-22/h2-4,8-10,13-14,16-19,24H,6-7,11,15H2,1H3,(H,32,36)(H,33,34)(H,35,37). The Balaban J connectivity index is 1.24. The number of hydrogen-bond donors (Lipinski definition) is 3. The smallest absolute Gasteiger partial charge is 0.263 e. The van der Waals surface area contributed by atoms with Crippen LogP contribution in [-0.2, 0) is 0 Å². The van der Waals surface area contributed by atoms with E-state index in [2.05, 4.69) is 68.1 Å². The second-order valence-electron chi connectivity index (χ2n) is 8.94. The third-order valence-corrected chi connectivity index (χ3v) is 7.87. The van der Waals surface area contributed by atoms with E-state index in [0.717, 1.165) is 34.4 Å². The van der Waals surface area contributed by atoms with Crippen molar-refractivity contribution in [1.29, 1.82) is 0 Å². The zero-order chi connectivity index (χ0) is 27.0. The summed E-state index contributed by atoms with van der Waals surface area (Å²) in [5.41, 5.74) is 4.17. The molecule has 0 bridgehead atoms. The second-order valence-corrected chi connectivity index (χ2v) is 10.6. The van der Waals surface area contributed by atoms with Crippen LogP contribution in [0.5, 0.6) is 0 Å². The quantitative estimate of drug-likeness (QED) is 0.136. The van der Waals surface area contributed by atoms with Crippen LogP contribution in [0, 0.1) is 12.1 Å². The lowest BCUT2D eigenvalue weighted by molar-refractivity contribution is 0.0935. The SMILES string of the molecule is CSc1c#cccc1C(=O)NCCCCC(NC(=O)c1cncs1)c1ncc(-c2ccc3ccccc3c2)[nH]1. The number of H-pyrrole nitrogens is 1. The van der Waals surface area contributed by atoms with Gasteiger partial charge in [0.1, 0.15) is 10.7 Å². The molecule has 3 aromatic carbocycles. The number of aromatic amines is 1. The molecule has 7 nitrogen and oxygen atoms in total. The molecule has 5 rings (SSSR count). The average Bonchev–Trinajstić information content (AvgIpc) is 3.69. The van der Waals surface area contributed by atoms with Crippen LogP contribution in [-0.4, -0.2) is 39.6 Å². The molecule has 0 aliphatic carbocycles. The highest BCUT2D eigenvalue weighted by atomic mass is 32.2. The Hall–Kier alpha value is -4.13. The largest absolute Gasteiger partial charge is 0.352 e. The van der Waals surface area contributed by atoms with E-state index in [0.29, 0.717) is 29.2 Å². The van der Waals surface area contributed by atoms with Crippen LogP contribution in [0.4, 0.5) is 0 Å². The summed E-state index contributed by atoms with van der Waals surface area (Å²) in [4.78, 5) is 38.9. The fourth-order valence-electron chi connectivity index (χ4n) is 4.34. The summed E-state index contributed by atoms with van der Waals surface area (Å²) in [6.07, 6.45) is 7.49. The Morgan fingerprint density at radius 2 is 1.95 bits per heavy atom. The van der Waals surface area contributed by atoms with Gasteiger partial charge in [0.15, 0.2) is 0 Å². The lowest BCUT2D eigenvalue weighted by Gasteiger charge is -2.16. The van der Waals surface area contributed by atoms with Crippen LogP contribution in [0.3, 0.4) is 0 Å². The van der Waals surface area contributed by atoms with Gasteiger partial charge < -0.3 is 15.6 Å². The Morgan fingerprint density at radius 1 is 1.08 bits per heavy atom. The topological polar surface area (TPSA) is 99.8 Å². The number of nitrogens with one attached hydrogen (secondary N) is 3. The molecule has 39 heavy (non-hydrogen) atoms. The highest BCUT2D eigenvalue weighted by molar-refractivity contribution is 7.98. The van der Waals surface area contributed by atoms with Crippen molar-refractivity contribution in [3.63, 3.8) is 0 Å². The Morgan fingerprint density at radius 3 is 2.77 bits per heavy atom. The molecule has 196 valence electrons. The first-order valence-electron chi connectivity index (χ1n) is 12.6. The van der Waals surface area contributed by atoms with Crippen LogP contribution in [0.15, 0.2) is 77.4 Å². The van der Waals surface area contributed by atoms with Crippen LogP contribution in [0.25, 0.3) is 22.0 Å². The maximum atomic E-state index is 12.9. The highest BCUT2D eigenvalue weighted by Crippen LogP contribution is 2.26. The number of nitrogens with zero attached hydrogens (tertiary/aromatic N) is 2. The molecule has 0 spiro atoms. The van der Waals surface area contributed by atoms with Gasteiger partial charge in [-0.25, -0.2) is 4.98 Å². The van der Waals surface area contributed by atoms with E-state index in [1.165, 1.54) is 28.5 Å². The maximum absolute atomic E-state index is 12.9. The number of hydrogen-bond acceptors (Lipinski definition) is 6. The van der Waals surface area contributed by atoms with Gasteiger partial charge in [-0.2, -0.15) is 0 Å².